The van der Waals surface area contributed by atoms with Crippen LogP contribution in [0.2, 0.25) is 5.02 Å². The number of amides is 1. The minimum Gasteiger partial charge on any atom is -0.506 e. The van der Waals surface area contributed by atoms with Crippen LogP contribution in [0.4, 0.5) is 0 Å². The van der Waals surface area contributed by atoms with E-state index in [2.05, 4.69) is 15.5 Å². The Morgan fingerprint density at radius 1 is 1.39 bits per heavy atom. The van der Waals surface area contributed by atoms with Crippen molar-refractivity contribution in [3.05, 3.63) is 52.8 Å². The average molecular weight is 264 g/mol. The second-order valence-corrected chi connectivity index (χ2v) is 3.97. The summed E-state index contributed by atoms with van der Waals surface area (Å²) in [6.45, 7) is 0.283. The molecule has 0 saturated heterocycles. The zero-order valence-electron chi connectivity index (χ0n) is 9.30. The average Bonchev–Trinajstić information content (AvgIpc) is 2.40. The monoisotopic (exact) mass is 263 g/mol. The highest BCUT2D eigenvalue weighted by Crippen LogP contribution is 2.23. The minimum atomic E-state index is -0.289. The van der Waals surface area contributed by atoms with E-state index in [1.54, 1.807) is 18.3 Å². The number of rotatable bonds is 3. The fourth-order valence-corrected chi connectivity index (χ4v) is 1.53. The highest BCUT2D eigenvalue weighted by Gasteiger charge is 2.08. The smallest absolute Gasteiger partial charge is 0.251 e. The van der Waals surface area contributed by atoms with Gasteiger partial charge in [0, 0.05) is 11.8 Å². The highest BCUT2D eigenvalue weighted by molar-refractivity contribution is 6.32. The van der Waals surface area contributed by atoms with Gasteiger partial charge in [0.25, 0.3) is 5.91 Å². The molecule has 0 aliphatic heterocycles. The summed E-state index contributed by atoms with van der Waals surface area (Å²) in [6, 6.07) is 7.78. The molecule has 1 aromatic heterocycles. The maximum Gasteiger partial charge on any atom is 0.251 e. The second-order valence-electron chi connectivity index (χ2n) is 3.56. The number of phenolic OH excluding ortho intramolecular Hbond substituents is 1. The van der Waals surface area contributed by atoms with Crippen molar-refractivity contribution in [3.8, 4) is 5.75 Å². The Balaban J connectivity index is 2.02. The molecule has 1 amide bonds. The van der Waals surface area contributed by atoms with Gasteiger partial charge in [-0.1, -0.05) is 11.6 Å². The Kier molecular flexibility index (Phi) is 3.74. The Morgan fingerprint density at radius 2 is 2.22 bits per heavy atom. The number of aromatic hydroxyl groups is 1. The molecule has 18 heavy (non-hydrogen) atoms. The van der Waals surface area contributed by atoms with E-state index >= 15 is 0 Å². The molecular formula is C12H10ClN3O2. The number of carbonyl (C=O) groups excluding carboxylic acids is 1. The standard InChI is InChI=1S/C12H10ClN3O2/c13-10-6-8(3-4-11(10)17)12(18)14-7-9-2-1-5-15-16-9/h1-6,17H,7H2,(H,14,18). The molecular weight excluding hydrogens is 254 g/mol. The molecule has 0 atom stereocenters. The van der Waals surface area contributed by atoms with Gasteiger partial charge < -0.3 is 10.4 Å². The van der Waals surface area contributed by atoms with E-state index in [9.17, 15) is 9.90 Å². The van der Waals surface area contributed by atoms with Crippen molar-refractivity contribution in [3.63, 3.8) is 0 Å². The highest BCUT2D eigenvalue weighted by atomic mass is 35.5. The second kappa shape index (κ2) is 5.46. The van der Waals surface area contributed by atoms with Gasteiger partial charge in [-0.15, -0.1) is 0 Å². The largest absolute Gasteiger partial charge is 0.506 e. The van der Waals surface area contributed by atoms with Crippen molar-refractivity contribution in [2.45, 2.75) is 6.54 Å². The Labute approximate surface area is 108 Å². The molecule has 2 N–H and O–H groups in total. The lowest BCUT2D eigenvalue weighted by Gasteiger charge is -2.05. The lowest BCUT2D eigenvalue weighted by molar-refractivity contribution is 0.0950. The number of hydrogen-bond acceptors (Lipinski definition) is 4. The summed E-state index contributed by atoms with van der Waals surface area (Å²) < 4.78 is 0. The number of carbonyl (C=O) groups is 1. The van der Waals surface area contributed by atoms with Crippen molar-refractivity contribution in [1.29, 1.82) is 0 Å². The number of nitrogens with one attached hydrogen (secondary N) is 1. The first-order valence-electron chi connectivity index (χ1n) is 5.20. The van der Waals surface area contributed by atoms with Crippen LogP contribution in [0.3, 0.4) is 0 Å². The number of phenols is 1. The van der Waals surface area contributed by atoms with Gasteiger partial charge in [-0.2, -0.15) is 10.2 Å². The summed E-state index contributed by atoms with van der Waals surface area (Å²) >= 11 is 5.72. The van der Waals surface area contributed by atoms with Crippen LogP contribution >= 0.6 is 11.6 Å². The van der Waals surface area contributed by atoms with Crippen LogP contribution in [0.15, 0.2) is 36.5 Å². The van der Waals surface area contributed by atoms with Crippen molar-refractivity contribution in [2.24, 2.45) is 0 Å². The Morgan fingerprint density at radius 3 is 2.89 bits per heavy atom. The van der Waals surface area contributed by atoms with Crippen LogP contribution in [0.25, 0.3) is 0 Å². The van der Waals surface area contributed by atoms with Crippen molar-refractivity contribution < 1.29 is 9.90 Å². The van der Waals surface area contributed by atoms with Crippen LogP contribution in [0, 0.1) is 0 Å². The molecule has 5 nitrogen and oxygen atoms in total. The van der Waals surface area contributed by atoms with Gasteiger partial charge in [-0.25, -0.2) is 0 Å². The third kappa shape index (κ3) is 2.95. The number of nitrogens with zero attached hydrogens (tertiary/aromatic N) is 2. The Hall–Kier alpha value is -2.14. The number of aromatic nitrogens is 2. The van der Waals surface area contributed by atoms with E-state index in [-0.39, 0.29) is 23.2 Å². The molecule has 0 aliphatic rings. The fourth-order valence-electron chi connectivity index (χ4n) is 1.35. The number of halogens is 1. The van der Waals surface area contributed by atoms with E-state index in [0.717, 1.165) is 0 Å². The van der Waals surface area contributed by atoms with Crippen LogP contribution in [0.1, 0.15) is 16.1 Å². The quantitative estimate of drug-likeness (QED) is 0.885. The van der Waals surface area contributed by atoms with Crippen LogP contribution in [-0.4, -0.2) is 21.2 Å². The van der Waals surface area contributed by atoms with Gasteiger partial charge in [-0.05, 0) is 30.3 Å². The van der Waals surface area contributed by atoms with Gasteiger partial charge in [-0.3, -0.25) is 4.79 Å². The van der Waals surface area contributed by atoms with Crippen LogP contribution in [0.5, 0.6) is 5.75 Å². The van der Waals surface area contributed by atoms with E-state index < -0.39 is 0 Å². The van der Waals surface area contributed by atoms with E-state index in [1.807, 2.05) is 0 Å². The van der Waals surface area contributed by atoms with Gasteiger partial charge in [0.2, 0.25) is 0 Å². The first-order chi connectivity index (χ1) is 8.66. The zero-order chi connectivity index (χ0) is 13.0. The molecule has 2 aromatic rings. The molecule has 0 aliphatic carbocycles. The van der Waals surface area contributed by atoms with Gasteiger partial charge >= 0.3 is 0 Å². The molecule has 2 rings (SSSR count). The maximum atomic E-state index is 11.8. The van der Waals surface area contributed by atoms with Gasteiger partial charge in [0.1, 0.15) is 5.75 Å². The van der Waals surface area contributed by atoms with E-state index in [1.165, 1.54) is 18.2 Å². The molecule has 0 unspecified atom stereocenters. The van der Waals surface area contributed by atoms with E-state index in [4.69, 9.17) is 11.6 Å². The first kappa shape index (κ1) is 12.3. The van der Waals surface area contributed by atoms with Crippen molar-refractivity contribution in [2.75, 3.05) is 0 Å². The normalized spacial score (nSPS) is 10.1. The summed E-state index contributed by atoms with van der Waals surface area (Å²) in [5, 5.41) is 19.6. The molecule has 0 spiro atoms. The summed E-state index contributed by atoms with van der Waals surface area (Å²) in [6.07, 6.45) is 1.56. The summed E-state index contributed by atoms with van der Waals surface area (Å²) in [4.78, 5) is 11.8. The van der Waals surface area contributed by atoms with Crippen molar-refractivity contribution in [1.82, 2.24) is 15.5 Å². The molecule has 6 heteroatoms. The number of benzene rings is 1. The fraction of sp³-hybridized carbons (Fsp3) is 0.0833. The predicted molar refractivity (Wildman–Crippen MR) is 66.3 cm³/mol. The molecule has 0 saturated carbocycles. The van der Waals surface area contributed by atoms with Crippen LogP contribution in [-0.2, 0) is 6.54 Å². The van der Waals surface area contributed by atoms with E-state index in [0.29, 0.717) is 11.3 Å². The molecule has 0 bridgehead atoms. The molecule has 0 radical (unpaired) electrons. The summed E-state index contributed by atoms with van der Waals surface area (Å²) in [7, 11) is 0. The molecule has 1 aromatic carbocycles. The Bertz CT molecular complexity index is 561. The number of hydrogen-bond donors (Lipinski definition) is 2. The zero-order valence-corrected chi connectivity index (χ0v) is 10.1. The van der Waals surface area contributed by atoms with Gasteiger partial charge in [0.15, 0.2) is 0 Å². The third-order valence-corrected chi connectivity index (χ3v) is 2.57. The SMILES string of the molecule is O=C(NCc1cccnn1)c1ccc(O)c(Cl)c1. The minimum absolute atomic E-state index is 0.0536. The summed E-state index contributed by atoms with van der Waals surface area (Å²) in [5.74, 6) is -0.343. The first-order valence-corrected chi connectivity index (χ1v) is 5.58. The lowest BCUT2D eigenvalue weighted by Crippen LogP contribution is -2.23. The van der Waals surface area contributed by atoms with Crippen LogP contribution < -0.4 is 5.32 Å². The predicted octanol–water partition coefficient (Wildman–Crippen LogP) is 1.77. The molecule has 0 fully saturated rings. The topological polar surface area (TPSA) is 75.1 Å². The van der Waals surface area contributed by atoms with Crippen molar-refractivity contribution >= 4 is 17.5 Å². The summed E-state index contributed by atoms with van der Waals surface area (Å²) in [5.41, 5.74) is 1.04. The maximum absolute atomic E-state index is 11.8. The van der Waals surface area contributed by atoms with Gasteiger partial charge in [0.05, 0.1) is 17.3 Å². The lowest BCUT2D eigenvalue weighted by atomic mass is 10.2. The molecule has 1 heterocycles. The molecule has 92 valence electrons. The third-order valence-electron chi connectivity index (χ3n) is 2.27.